The highest BCUT2D eigenvalue weighted by Crippen LogP contribution is 2.23. The highest BCUT2D eigenvalue weighted by molar-refractivity contribution is 9.10. The second-order valence-electron chi connectivity index (χ2n) is 3.12. The van der Waals surface area contributed by atoms with Gasteiger partial charge in [0.05, 0.1) is 11.9 Å². The van der Waals surface area contributed by atoms with Crippen LogP contribution in [-0.2, 0) is 0 Å². The zero-order chi connectivity index (χ0) is 10.1. The van der Waals surface area contributed by atoms with Crippen molar-refractivity contribution in [2.75, 3.05) is 5.73 Å². The van der Waals surface area contributed by atoms with E-state index in [0.717, 1.165) is 10.2 Å². The van der Waals surface area contributed by atoms with E-state index in [-0.39, 0.29) is 0 Å². The molecule has 0 radical (unpaired) electrons. The molecular formula is C10H10BrN3. The maximum Gasteiger partial charge on any atom is 0.127 e. The van der Waals surface area contributed by atoms with E-state index in [1.807, 2.05) is 25.1 Å². The van der Waals surface area contributed by atoms with E-state index in [2.05, 4.69) is 21.0 Å². The number of nitrogens with two attached hydrogens (primary N) is 1. The number of nitrogen functional groups attached to an aromatic ring is 1. The fourth-order valence-electron chi connectivity index (χ4n) is 1.30. The van der Waals surface area contributed by atoms with E-state index < -0.39 is 0 Å². The first-order valence-corrected chi connectivity index (χ1v) is 5.04. The number of nitrogens with zero attached hydrogens (tertiary/aromatic N) is 2. The molecule has 0 aliphatic rings. The van der Waals surface area contributed by atoms with Gasteiger partial charge in [0.1, 0.15) is 5.82 Å². The third kappa shape index (κ3) is 1.53. The molecule has 2 rings (SSSR count). The molecule has 2 N–H and O–H groups in total. The Bertz CT molecular complexity index is 462. The normalized spacial score (nSPS) is 10.4. The number of hydrogen-bond donors (Lipinski definition) is 1. The topological polar surface area (TPSA) is 43.8 Å². The predicted octanol–water partition coefficient (Wildman–Crippen LogP) is 2.53. The van der Waals surface area contributed by atoms with Gasteiger partial charge in [0.2, 0.25) is 0 Å². The Morgan fingerprint density at radius 3 is 2.79 bits per heavy atom. The molecule has 0 spiro atoms. The average Bonchev–Trinajstić information content (AvgIpc) is 2.56. The molecule has 4 heteroatoms. The molecule has 1 heterocycles. The van der Waals surface area contributed by atoms with E-state index in [0.29, 0.717) is 5.82 Å². The fraction of sp³-hybridized carbons (Fsp3) is 0.100. The van der Waals surface area contributed by atoms with Crippen LogP contribution in [0, 0.1) is 6.92 Å². The quantitative estimate of drug-likeness (QED) is 0.847. The number of rotatable bonds is 1. The molecule has 14 heavy (non-hydrogen) atoms. The maximum absolute atomic E-state index is 5.77. The summed E-state index contributed by atoms with van der Waals surface area (Å²) in [6, 6.07) is 7.83. The van der Waals surface area contributed by atoms with Crippen molar-refractivity contribution in [2.45, 2.75) is 6.92 Å². The number of hydrogen-bond acceptors (Lipinski definition) is 2. The number of aryl methyl sites for hydroxylation is 1. The van der Waals surface area contributed by atoms with Crippen LogP contribution in [0.5, 0.6) is 0 Å². The molecule has 0 unspecified atom stereocenters. The standard InChI is InChI=1S/C10H10BrN3/c1-7-2-3-8(11)9(6-7)14-10(12)4-5-13-14/h2-6H,12H2,1H3. The predicted molar refractivity (Wildman–Crippen MR) is 60.4 cm³/mol. The summed E-state index contributed by atoms with van der Waals surface area (Å²) in [4.78, 5) is 0. The second-order valence-corrected chi connectivity index (χ2v) is 3.98. The van der Waals surface area contributed by atoms with E-state index >= 15 is 0 Å². The highest BCUT2D eigenvalue weighted by Gasteiger charge is 2.05. The molecule has 0 atom stereocenters. The molecule has 0 amide bonds. The number of halogens is 1. The average molecular weight is 252 g/mol. The number of benzene rings is 1. The Morgan fingerprint density at radius 1 is 1.36 bits per heavy atom. The third-order valence-electron chi connectivity index (χ3n) is 2.00. The van der Waals surface area contributed by atoms with Gasteiger partial charge in [-0.15, -0.1) is 0 Å². The van der Waals surface area contributed by atoms with Crippen molar-refractivity contribution in [2.24, 2.45) is 0 Å². The van der Waals surface area contributed by atoms with Crippen molar-refractivity contribution < 1.29 is 0 Å². The lowest BCUT2D eigenvalue weighted by Crippen LogP contribution is -2.02. The van der Waals surface area contributed by atoms with Gasteiger partial charge in [0, 0.05) is 10.5 Å². The molecule has 0 saturated heterocycles. The minimum absolute atomic E-state index is 0.635. The van der Waals surface area contributed by atoms with Crippen molar-refractivity contribution in [3.05, 3.63) is 40.5 Å². The lowest BCUT2D eigenvalue weighted by molar-refractivity contribution is 0.885. The Kier molecular flexibility index (Phi) is 2.29. The molecular weight excluding hydrogens is 242 g/mol. The molecule has 0 saturated carbocycles. The SMILES string of the molecule is Cc1ccc(Br)c(-n2nccc2N)c1. The van der Waals surface area contributed by atoms with Gasteiger partial charge in [-0.2, -0.15) is 5.10 Å². The molecule has 72 valence electrons. The monoisotopic (exact) mass is 251 g/mol. The molecule has 1 aromatic carbocycles. The third-order valence-corrected chi connectivity index (χ3v) is 2.67. The Labute approximate surface area is 90.7 Å². The van der Waals surface area contributed by atoms with Crippen molar-refractivity contribution in [1.29, 1.82) is 0 Å². The zero-order valence-corrected chi connectivity index (χ0v) is 9.32. The molecule has 0 aliphatic heterocycles. The van der Waals surface area contributed by atoms with Crippen LogP contribution in [0.4, 0.5) is 5.82 Å². The fourth-order valence-corrected chi connectivity index (χ4v) is 1.71. The number of aromatic nitrogens is 2. The lowest BCUT2D eigenvalue weighted by atomic mass is 10.2. The zero-order valence-electron chi connectivity index (χ0n) is 7.74. The first-order valence-electron chi connectivity index (χ1n) is 4.24. The second kappa shape index (κ2) is 3.46. The van der Waals surface area contributed by atoms with Crippen LogP contribution in [0.1, 0.15) is 5.56 Å². The summed E-state index contributed by atoms with van der Waals surface area (Å²) in [6.45, 7) is 2.04. The van der Waals surface area contributed by atoms with Crippen LogP contribution in [0.15, 0.2) is 34.9 Å². The summed E-state index contributed by atoms with van der Waals surface area (Å²) < 4.78 is 2.69. The van der Waals surface area contributed by atoms with Crippen molar-refractivity contribution in [3.8, 4) is 5.69 Å². The van der Waals surface area contributed by atoms with Crippen molar-refractivity contribution in [3.63, 3.8) is 0 Å². The van der Waals surface area contributed by atoms with Crippen LogP contribution in [0.3, 0.4) is 0 Å². The van der Waals surface area contributed by atoms with Gasteiger partial charge in [0.15, 0.2) is 0 Å². The van der Waals surface area contributed by atoms with Crippen molar-refractivity contribution >= 4 is 21.7 Å². The van der Waals surface area contributed by atoms with E-state index in [1.54, 1.807) is 16.9 Å². The van der Waals surface area contributed by atoms with Crippen LogP contribution < -0.4 is 5.73 Å². The Hall–Kier alpha value is -1.29. The minimum Gasteiger partial charge on any atom is -0.384 e. The minimum atomic E-state index is 0.635. The molecule has 1 aromatic heterocycles. The van der Waals surface area contributed by atoms with E-state index in [9.17, 15) is 0 Å². The number of anilines is 1. The maximum atomic E-state index is 5.77. The van der Waals surface area contributed by atoms with Gasteiger partial charge in [-0.1, -0.05) is 6.07 Å². The first-order chi connectivity index (χ1) is 6.68. The van der Waals surface area contributed by atoms with Crippen LogP contribution in [0.2, 0.25) is 0 Å². The van der Waals surface area contributed by atoms with E-state index in [1.165, 1.54) is 5.56 Å². The summed E-state index contributed by atoms with van der Waals surface area (Å²) in [6.07, 6.45) is 1.68. The van der Waals surface area contributed by atoms with Crippen LogP contribution >= 0.6 is 15.9 Å². The smallest absolute Gasteiger partial charge is 0.127 e. The molecule has 0 aliphatic carbocycles. The van der Waals surface area contributed by atoms with Crippen molar-refractivity contribution in [1.82, 2.24) is 9.78 Å². The summed E-state index contributed by atoms with van der Waals surface area (Å²) >= 11 is 3.47. The summed E-state index contributed by atoms with van der Waals surface area (Å²) in [5, 5.41) is 4.15. The van der Waals surface area contributed by atoms with Gasteiger partial charge < -0.3 is 5.73 Å². The molecule has 2 aromatic rings. The molecule has 0 fully saturated rings. The van der Waals surface area contributed by atoms with Gasteiger partial charge >= 0.3 is 0 Å². The largest absolute Gasteiger partial charge is 0.384 e. The summed E-state index contributed by atoms with van der Waals surface area (Å²) in [7, 11) is 0. The molecule has 0 bridgehead atoms. The highest BCUT2D eigenvalue weighted by atomic mass is 79.9. The van der Waals surface area contributed by atoms with Crippen LogP contribution in [0.25, 0.3) is 5.69 Å². The Balaban J connectivity index is 2.62. The van der Waals surface area contributed by atoms with Gasteiger partial charge in [-0.3, -0.25) is 0 Å². The summed E-state index contributed by atoms with van der Waals surface area (Å²) in [5.41, 5.74) is 7.92. The Morgan fingerprint density at radius 2 is 2.14 bits per heavy atom. The summed E-state index contributed by atoms with van der Waals surface area (Å²) in [5.74, 6) is 0.635. The van der Waals surface area contributed by atoms with Gasteiger partial charge in [0.25, 0.3) is 0 Å². The van der Waals surface area contributed by atoms with Gasteiger partial charge in [-0.05, 0) is 40.5 Å². The first kappa shape index (κ1) is 9.27. The van der Waals surface area contributed by atoms with Crippen LogP contribution in [-0.4, -0.2) is 9.78 Å². The molecule has 3 nitrogen and oxygen atoms in total. The lowest BCUT2D eigenvalue weighted by Gasteiger charge is -2.07. The van der Waals surface area contributed by atoms with E-state index in [4.69, 9.17) is 5.73 Å². The van der Waals surface area contributed by atoms with Gasteiger partial charge in [-0.25, -0.2) is 4.68 Å².